The highest BCUT2D eigenvalue weighted by molar-refractivity contribution is 7.85. The van der Waals surface area contributed by atoms with Crippen molar-refractivity contribution in [1.82, 2.24) is 0 Å². The molecule has 0 spiro atoms. The van der Waals surface area contributed by atoms with E-state index in [1.165, 1.54) is 96.3 Å². The van der Waals surface area contributed by atoms with Crippen LogP contribution < -0.4 is 0 Å². The Morgan fingerprint density at radius 2 is 1.21 bits per heavy atom. The Morgan fingerprint density at radius 3 is 1.64 bits per heavy atom. The van der Waals surface area contributed by atoms with Crippen LogP contribution in [0.15, 0.2) is 0 Å². The molecule has 0 aromatic heterocycles. The lowest BCUT2D eigenvalue weighted by atomic mass is 10.0. The first kappa shape index (κ1) is 27.6. The van der Waals surface area contributed by atoms with E-state index in [1.807, 2.05) is 7.05 Å². The van der Waals surface area contributed by atoms with Gasteiger partial charge in [-0.05, 0) is 6.42 Å². The highest BCUT2D eigenvalue weighted by Gasteiger charge is 2.08. The second-order valence-electron chi connectivity index (χ2n) is 8.63. The van der Waals surface area contributed by atoms with Gasteiger partial charge in [0.15, 0.2) is 0 Å². The molecule has 0 amide bonds. The predicted octanol–water partition coefficient (Wildman–Crippen LogP) is 6.48. The van der Waals surface area contributed by atoms with E-state index in [0.29, 0.717) is 18.9 Å². The number of hydrogen-bond donors (Lipinski definition) is 1. The SMILES string of the molecule is CCCCCCCCCCCCCCCCC(C)C=[N+](C)CCCS(=O)(=O)O. The van der Waals surface area contributed by atoms with Crippen molar-refractivity contribution in [3.8, 4) is 0 Å². The van der Waals surface area contributed by atoms with Crippen LogP contribution in [0.4, 0.5) is 0 Å². The molecule has 0 aliphatic carbocycles. The molecule has 0 saturated carbocycles. The first-order valence-corrected chi connectivity index (χ1v) is 13.5. The minimum atomic E-state index is -3.83. The number of nitrogens with zero attached hydrogens (tertiary/aromatic N) is 1. The average molecular weight is 419 g/mol. The molecule has 0 radical (unpaired) electrons. The second kappa shape index (κ2) is 18.6. The number of hydrogen-bond acceptors (Lipinski definition) is 2. The molecule has 168 valence electrons. The summed E-state index contributed by atoms with van der Waals surface area (Å²) in [4.78, 5) is 0. The van der Waals surface area contributed by atoms with E-state index in [2.05, 4.69) is 24.6 Å². The predicted molar refractivity (Wildman–Crippen MR) is 122 cm³/mol. The largest absolute Gasteiger partial charge is 0.286 e. The van der Waals surface area contributed by atoms with Crippen LogP contribution in [0.3, 0.4) is 0 Å². The molecule has 0 heterocycles. The van der Waals surface area contributed by atoms with Gasteiger partial charge < -0.3 is 0 Å². The zero-order valence-electron chi connectivity index (χ0n) is 19.0. The van der Waals surface area contributed by atoms with E-state index >= 15 is 0 Å². The summed E-state index contributed by atoms with van der Waals surface area (Å²) in [6.07, 6.45) is 23.3. The fraction of sp³-hybridized carbons (Fsp3) is 0.957. The van der Waals surface area contributed by atoms with Gasteiger partial charge in [-0.25, -0.2) is 4.58 Å². The summed E-state index contributed by atoms with van der Waals surface area (Å²) in [6, 6.07) is 0. The molecule has 0 saturated heterocycles. The third-order valence-electron chi connectivity index (χ3n) is 5.44. The van der Waals surface area contributed by atoms with Gasteiger partial charge in [-0.2, -0.15) is 8.42 Å². The molecule has 0 aliphatic heterocycles. The Kier molecular flexibility index (Phi) is 18.3. The molecule has 28 heavy (non-hydrogen) atoms. The van der Waals surface area contributed by atoms with Crippen molar-refractivity contribution >= 4 is 16.3 Å². The summed E-state index contributed by atoms with van der Waals surface area (Å²) in [5.41, 5.74) is 0. The third kappa shape index (κ3) is 21.9. The zero-order chi connectivity index (χ0) is 21.1. The smallest absolute Gasteiger partial charge is 0.265 e. The topological polar surface area (TPSA) is 57.4 Å². The molecule has 5 heteroatoms. The second-order valence-corrected chi connectivity index (χ2v) is 10.2. The number of unbranched alkanes of at least 4 members (excludes halogenated alkanes) is 13. The Bertz CT molecular complexity index is 474. The van der Waals surface area contributed by atoms with Gasteiger partial charge in [-0.15, -0.1) is 0 Å². The van der Waals surface area contributed by atoms with Gasteiger partial charge in [0.25, 0.3) is 10.1 Å². The lowest BCUT2D eigenvalue weighted by Gasteiger charge is -2.06. The van der Waals surface area contributed by atoms with Crippen molar-refractivity contribution in [3.05, 3.63) is 0 Å². The average Bonchev–Trinajstić information content (AvgIpc) is 2.60. The highest BCUT2D eigenvalue weighted by atomic mass is 32.2. The van der Waals surface area contributed by atoms with Crippen LogP contribution in [0.25, 0.3) is 0 Å². The normalized spacial score (nSPS) is 13.8. The molecule has 1 unspecified atom stereocenters. The van der Waals surface area contributed by atoms with Gasteiger partial charge in [-0.1, -0.05) is 104 Å². The van der Waals surface area contributed by atoms with Crippen LogP contribution in [0.1, 0.15) is 117 Å². The van der Waals surface area contributed by atoms with E-state index in [1.54, 1.807) is 0 Å². The third-order valence-corrected chi connectivity index (χ3v) is 6.24. The molecule has 4 nitrogen and oxygen atoms in total. The van der Waals surface area contributed by atoms with Gasteiger partial charge >= 0.3 is 0 Å². The van der Waals surface area contributed by atoms with Crippen molar-refractivity contribution in [2.75, 3.05) is 19.3 Å². The summed E-state index contributed by atoms with van der Waals surface area (Å²) in [7, 11) is -1.85. The molecule has 1 N–H and O–H groups in total. The van der Waals surface area contributed by atoms with Crippen LogP contribution in [0.5, 0.6) is 0 Å². The molecule has 0 rings (SSSR count). The summed E-state index contributed by atoms with van der Waals surface area (Å²) < 4.78 is 32.2. The zero-order valence-corrected chi connectivity index (χ0v) is 19.8. The molecule has 0 bridgehead atoms. The van der Waals surface area contributed by atoms with E-state index < -0.39 is 10.1 Å². The minimum absolute atomic E-state index is 0.154. The standard InChI is InChI=1S/C23H47NO3S/c1-4-5-6-7-8-9-10-11-12-13-14-15-16-17-19-23(2)22-24(3)20-18-21-28(25,26)27/h22-23H,4-21H2,1-3H3/p+1. The summed E-state index contributed by atoms with van der Waals surface area (Å²) in [5.74, 6) is 0.367. The van der Waals surface area contributed by atoms with Crippen molar-refractivity contribution in [2.45, 2.75) is 117 Å². The van der Waals surface area contributed by atoms with Crippen LogP contribution in [0.2, 0.25) is 0 Å². The monoisotopic (exact) mass is 418 g/mol. The van der Waals surface area contributed by atoms with Crippen molar-refractivity contribution in [2.24, 2.45) is 5.92 Å². The van der Waals surface area contributed by atoms with Gasteiger partial charge in [0.1, 0.15) is 19.8 Å². The highest BCUT2D eigenvalue weighted by Crippen LogP contribution is 2.14. The van der Waals surface area contributed by atoms with Gasteiger partial charge in [-0.3, -0.25) is 4.55 Å². The lowest BCUT2D eigenvalue weighted by molar-refractivity contribution is -0.494. The van der Waals surface area contributed by atoms with Crippen molar-refractivity contribution in [3.63, 3.8) is 0 Å². The lowest BCUT2D eigenvalue weighted by Crippen LogP contribution is -2.16. The van der Waals surface area contributed by atoms with Crippen molar-refractivity contribution in [1.29, 1.82) is 0 Å². The molecule has 0 aromatic carbocycles. The van der Waals surface area contributed by atoms with E-state index in [9.17, 15) is 8.42 Å². The quantitative estimate of drug-likeness (QED) is 0.106. The first-order valence-electron chi connectivity index (χ1n) is 11.9. The maximum absolute atomic E-state index is 10.7. The summed E-state index contributed by atoms with van der Waals surface area (Å²) >= 11 is 0. The van der Waals surface area contributed by atoms with E-state index in [-0.39, 0.29) is 5.75 Å². The maximum Gasteiger partial charge on any atom is 0.265 e. The molecular weight excluding hydrogens is 370 g/mol. The molecule has 1 atom stereocenters. The summed E-state index contributed by atoms with van der Waals surface area (Å²) in [6.45, 7) is 5.17. The van der Waals surface area contributed by atoms with Crippen LogP contribution in [0, 0.1) is 5.92 Å². The van der Waals surface area contributed by atoms with Gasteiger partial charge in [0.05, 0.1) is 5.75 Å². The van der Waals surface area contributed by atoms with Gasteiger partial charge in [0.2, 0.25) is 0 Å². The maximum atomic E-state index is 10.7. The Labute approximate surface area is 176 Å². The molecule has 0 fully saturated rings. The van der Waals surface area contributed by atoms with E-state index in [4.69, 9.17) is 4.55 Å². The summed E-state index contributed by atoms with van der Waals surface area (Å²) in [5, 5.41) is 0. The molecular formula is C23H48NO3S+. The Balaban J connectivity index is 3.42. The van der Waals surface area contributed by atoms with Crippen LogP contribution in [-0.2, 0) is 10.1 Å². The Hall–Kier alpha value is -0.420. The first-order chi connectivity index (χ1) is 13.3. The molecule has 0 aliphatic rings. The fourth-order valence-corrected chi connectivity index (χ4v) is 4.23. The van der Waals surface area contributed by atoms with Gasteiger partial charge in [0, 0.05) is 12.3 Å². The fourth-order valence-electron chi connectivity index (χ4n) is 3.74. The molecule has 0 aromatic rings. The van der Waals surface area contributed by atoms with Crippen LogP contribution in [-0.4, -0.2) is 43.1 Å². The van der Waals surface area contributed by atoms with Crippen LogP contribution >= 0.6 is 0 Å². The minimum Gasteiger partial charge on any atom is -0.286 e. The van der Waals surface area contributed by atoms with E-state index in [0.717, 1.165) is 0 Å². The Morgan fingerprint density at radius 1 is 0.786 bits per heavy atom. The number of rotatable bonds is 20. The van der Waals surface area contributed by atoms with Crippen molar-refractivity contribution < 1.29 is 17.5 Å².